The molecule has 1 atom stereocenters. The van der Waals surface area contributed by atoms with E-state index < -0.39 is 29.7 Å². The molecule has 1 fully saturated rings. The van der Waals surface area contributed by atoms with Crippen LogP contribution in [0.3, 0.4) is 0 Å². The van der Waals surface area contributed by atoms with Crippen LogP contribution in [0.4, 0.5) is 5.69 Å². The number of hydrogen-bond acceptors (Lipinski definition) is 11. The number of amides is 5. The Balaban J connectivity index is 1.10. The van der Waals surface area contributed by atoms with Crippen LogP contribution in [-0.2, 0) is 42.8 Å². The van der Waals surface area contributed by atoms with Crippen LogP contribution < -0.4 is 10.6 Å². The molecule has 2 aliphatic rings. The van der Waals surface area contributed by atoms with Gasteiger partial charge in [0.05, 0.1) is 82.9 Å². The van der Waals surface area contributed by atoms with E-state index in [1.807, 2.05) is 0 Å². The Morgan fingerprint density at radius 1 is 0.700 bits per heavy atom. The smallest absolute Gasteiger partial charge is 0.264 e. The van der Waals surface area contributed by atoms with Crippen LogP contribution in [0.1, 0.15) is 84.9 Å². The molecule has 5 amide bonds. The lowest BCUT2D eigenvalue weighted by molar-refractivity contribution is -0.136. The molecule has 1 aromatic carbocycles. The molecule has 0 aliphatic carbocycles. The van der Waals surface area contributed by atoms with Crippen molar-refractivity contribution in [2.75, 3.05) is 90.5 Å². The van der Waals surface area contributed by atoms with Gasteiger partial charge in [0.15, 0.2) is 0 Å². The maximum absolute atomic E-state index is 13.2. The molecule has 280 valence electrons. The zero-order chi connectivity index (χ0) is 35.8. The van der Waals surface area contributed by atoms with E-state index in [2.05, 4.69) is 10.6 Å². The summed E-state index contributed by atoms with van der Waals surface area (Å²) < 4.78 is 33.1. The van der Waals surface area contributed by atoms with Gasteiger partial charge in [-0.2, -0.15) is 0 Å². The van der Waals surface area contributed by atoms with E-state index in [0.29, 0.717) is 79.1 Å². The summed E-state index contributed by atoms with van der Waals surface area (Å²) in [5, 5.41) is 4.91. The fourth-order valence-electron chi connectivity index (χ4n) is 5.35. The predicted octanol–water partition coefficient (Wildman–Crippen LogP) is 3.49. The normalized spacial score (nSPS) is 15.9. The quantitative estimate of drug-likeness (QED) is 0.0705. The topological polar surface area (TPSA) is 168 Å². The molecule has 2 aliphatic heterocycles. The van der Waals surface area contributed by atoms with Gasteiger partial charge in [-0.15, -0.1) is 11.6 Å². The summed E-state index contributed by atoms with van der Waals surface area (Å²) >= 11 is 5.65. The van der Waals surface area contributed by atoms with Gasteiger partial charge in [-0.3, -0.25) is 34.2 Å². The molecule has 3 rings (SSSR count). The van der Waals surface area contributed by atoms with Crippen molar-refractivity contribution >= 4 is 46.8 Å². The van der Waals surface area contributed by atoms with E-state index in [-0.39, 0.29) is 42.0 Å². The largest absolute Gasteiger partial charge is 0.379 e. The number of nitrogens with zero attached hydrogens (tertiary/aromatic N) is 1. The van der Waals surface area contributed by atoms with Crippen LogP contribution in [0.2, 0.25) is 0 Å². The highest BCUT2D eigenvalue weighted by Gasteiger charge is 2.45. The lowest BCUT2D eigenvalue weighted by atomic mass is 10.0. The zero-order valence-electron chi connectivity index (χ0n) is 28.9. The summed E-state index contributed by atoms with van der Waals surface area (Å²) in [6.45, 7) is 6.34. The van der Waals surface area contributed by atoms with Crippen LogP contribution in [0.15, 0.2) is 18.2 Å². The number of fused-ring (bicyclic) bond motifs is 1. The molecule has 0 bridgehead atoms. The number of ether oxygens (including phenoxy) is 6. The van der Waals surface area contributed by atoms with Gasteiger partial charge in [-0.1, -0.05) is 25.3 Å². The number of piperidine rings is 1. The minimum atomic E-state index is -1.07. The second-order valence-corrected chi connectivity index (χ2v) is 12.2. The van der Waals surface area contributed by atoms with Gasteiger partial charge in [0, 0.05) is 31.9 Å². The number of alkyl halides is 1. The summed E-state index contributed by atoms with van der Waals surface area (Å²) in [5.41, 5.74) is 0.398. The standard InChI is InChI=1S/C35H52ClN3O11/c36-14-5-1-2-6-15-45-17-19-47-21-23-49-25-26-50-24-22-48-20-18-46-16-7-3-4-11-30(40)37-28-10-8-9-27-32(28)35(44)39(34(27)43)29-12-13-31(41)38-33(29)42/h8-10,29H,1-7,11-26H2,(H,37,40)(H,38,41,42). The minimum Gasteiger partial charge on any atom is -0.379 e. The molecule has 14 nitrogen and oxygen atoms in total. The van der Waals surface area contributed by atoms with Crippen molar-refractivity contribution in [1.82, 2.24) is 10.2 Å². The second kappa shape index (κ2) is 25.1. The molecule has 2 N–H and O–H groups in total. The number of rotatable bonds is 29. The average molecular weight is 726 g/mol. The van der Waals surface area contributed by atoms with Crippen LogP contribution in [0, 0.1) is 0 Å². The average Bonchev–Trinajstić information content (AvgIpc) is 3.35. The van der Waals surface area contributed by atoms with Crippen molar-refractivity contribution in [3.05, 3.63) is 29.3 Å². The van der Waals surface area contributed by atoms with E-state index in [1.54, 1.807) is 12.1 Å². The summed E-state index contributed by atoms with van der Waals surface area (Å²) in [7, 11) is 0. The number of carbonyl (C=O) groups is 5. The molecule has 50 heavy (non-hydrogen) atoms. The number of anilines is 1. The molecule has 1 unspecified atom stereocenters. The van der Waals surface area contributed by atoms with Crippen molar-refractivity contribution in [2.45, 2.75) is 70.3 Å². The Bertz CT molecular complexity index is 1220. The molecule has 0 aromatic heterocycles. The number of carbonyl (C=O) groups excluding carboxylic acids is 5. The van der Waals surface area contributed by atoms with E-state index in [0.717, 1.165) is 55.9 Å². The molecular weight excluding hydrogens is 674 g/mol. The van der Waals surface area contributed by atoms with Crippen LogP contribution >= 0.6 is 11.6 Å². The number of unbranched alkanes of at least 4 members (excludes halogenated alkanes) is 5. The molecule has 15 heteroatoms. The Hall–Kier alpha value is -2.98. The summed E-state index contributed by atoms with van der Waals surface area (Å²) in [6.07, 6.45) is 6.92. The SMILES string of the molecule is O=C1CCC(N2C(=O)c3cccc(NC(=O)CCCCCOCCOCCOCCOCCOCCOCCCCCCCl)c3C2=O)C(=O)N1. The Morgan fingerprint density at radius 2 is 1.22 bits per heavy atom. The van der Waals surface area contributed by atoms with Crippen molar-refractivity contribution in [3.63, 3.8) is 0 Å². The zero-order valence-corrected chi connectivity index (χ0v) is 29.6. The molecule has 2 heterocycles. The Labute approximate surface area is 299 Å². The first kappa shape index (κ1) is 41.4. The maximum Gasteiger partial charge on any atom is 0.264 e. The van der Waals surface area contributed by atoms with Crippen LogP contribution in [-0.4, -0.2) is 126 Å². The lowest BCUT2D eigenvalue weighted by Crippen LogP contribution is -2.54. The van der Waals surface area contributed by atoms with Crippen LogP contribution in [0.25, 0.3) is 0 Å². The minimum absolute atomic E-state index is 0.0330. The highest BCUT2D eigenvalue weighted by Crippen LogP contribution is 2.32. The van der Waals surface area contributed by atoms with E-state index in [4.69, 9.17) is 40.0 Å². The van der Waals surface area contributed by atoms with Crippen molar-refractivity contribution in [1.29, 1.82) is 0 Å². The number of benzene rings is 1. The number of nitrogens with one attached hydrogen (secondary N) is 2. The fourth-order valence-corrected chi connectivity index (χ4v) is 5.54. The third-order valence-corrected chi connectivity index (χ3v) is 8.23. The van der Waals surface area contributed by atoms with Crippen molar-refractivity contribution < 1.29 is 52.4 Å². The molecular formula is C35H52ClN3O11. The van der Waals surface area contributed by atoms with Gasteiger partial charge in [0.2, 0.25) is 17.7 Å². The highest BCUT2D eigenvalue weighted by molar-refractivity contribution is 6.26. The second-order valence-electron chi connectivity index (χ2n) is 11.8. The van der Waals surface area contributed by atoms with Gasteiger partial charge in [-0.05, 0) is 44.2 Å². The molecule has 0 radical (unpaired) electrons. The number of halogens is 1. The lowest BCUT2D eigenvalue weighted by Gasteiger charge is -2.27. The van der Waals surface area contributed by atoms with E-state index in [1.165, 1.54) is 6.07 Å². The Morgan fingerprint density at radius 3 is 1.76 bits per heavy atom. The Kier molecular flexibility index (Phi) is 20.8. The first-order chi connectivity index (χ1) is 24.4. The van der Waals surface area contributed by atoms with Gasteiger partial charge >= 0.3 is 0 Å². The van der Waals surface area contributed by atoms with E-state index in [9.17, 15) is 24.0 Å². The molecule has 0 saturated carbocycles. The highest BCUT2D eigenvalue weighted by atomic mass is 35.5. The molecule has 0 spiro atoms. The third-order valence-electron chi connectivity index (χ3n) is 7.97. The molecule has 1 aromatic rings. The van der Waals surface area contributed by atoms with Gasteiger partial charge in [-0.25, -0.2) is 0 Å². The number of hydrogen-bond donors (Lipinski definition) is 2. The first-order valence-corrected chi connectivity index (χ1v) is 18.1. The number of imide groups is 2. The maximum atomic E-state index is 13.2. The predicted molar refractivity (Wildman–Crippen MR) is 184 cm³/mol. The summed E-state index contributed by atoms with van der Waals surface area (Å²) in [5.74, 6) is -1.96. The van der Waals surface area contributed by atoms with Crippen molar-refractivity contribution in [2.24, 2.45) is 0 Å². The van der Waals surface area contributed by atoms with Crippen molar-refractivity contribution in [3.8, 4) is 0 Å². The van der Waals surface area contributed by atoms with Gasteiger partial charge in [0.25, 0.3) is 11.8 Å². The van der Waals surface area contributed by atoms with Crippen LogP contribution in [0.5, 0.6) is 0 Å². The summed E-state index contributed by atoms with van der Waals surface area (Å²) in [4.78, 5) is 63.4. The molecule has 1 saturated heterocycles. The monoisotopic (exact) mass is 725 g/mol. The van der Waals surface area contributed by atoms with Gasteiger partial charge in [0.1, 0.15) is 6.04 Å². The third kappa shape index (κ3) is 15.1. The van der Waals surface area contributed by atoms with E-state index >= 15 is 0 Å². The summed E-state index contributed by atoms with van der Waals surface area (Å²) in [6, 6.07) is 3.54. The van der Waals surface area contributed by atoms with Gasteiger partial charge < -0.3 is 33.7 Å². The first-order valence-electron chi connectivity index (χ1n) is 17.6. The fraction of sp³-hybridized carbons (Fsp3) is 0.686.